The van der Waals surface area contributed by atoms with Crippen molar-refractivity contribution in [1.82, 2.24) is 14.9 Å². The standard InChI is InChI=1S/C18H29ClN4O2S/c1-4-20-18(22-14(2)16-5-7-17(19)8-6-16)21-13-15-9-11-23(12-10-15)26(3,24)25/h5-8,14-15H,4,9-13H2,1-3H3,(H2,20,21,22). The number of nitrogens with zero attached hydrogens (tertiary/aromatic N) is 2. The summed E-state index contributed by atoms with van der Waals surface area (Å²) in [6, 6.07) is 7.88. The van der Waals surface area contributed by atoms with E-state index in [1.807, 2.05) is 31.2 Å². The van der Waals surface area contributed by atoms with E-state index in [9.17, 15) is 8.42 Å². The molecule has 1 saturated heterocycles. The topological polar surface area (TPSA) is 73.8 Å². The molecule has 146 valence electrons. The fourth-order valence-electron chi connectivity index (χ4n) is 3.00. The van der Waals surface area contributed by atoms with E-state index in [1.165, 1.54) is 6.26 Å². The third kappa shape index (κ3) is 6.45. The van der Waals surface area contributed by atoms with Crippen LogP contribution in [-0.2, 0) is 10.0 Å². The first-order valence-corrected chi connectivity index (χ1v) is 11.3. The monoisotopic (exact) mass is 400 g/mol. The highest BCUT2D eigenvalue weighted by Gasteiger charge is 2.24. The smallest absolute Gasteiger partial charge is 0.211 e. The maximum absolute atomic E-state index is 11.6. The predicted molar refractivity (Wildman–Crippen MR) is 108 cm³/mol. The van der Waals surface area contributed by atoms with Gasteiger partial charge in [-0.1, -0.05) is 23.7 Å². The maximum Gasteiger partial charge on any atom is 0.211 e. The minimum atomic E-state index is -3.08. The molecule has 0 saturated carbocycles. The van der Waals surface area contributed by atoms with Crippen LogP contribution in [0.1, 0.15) is 38.3 Å². The van der Waals surface area contributed by atoms with Gasteiger partial charge in [0, 0.05) is 31.2 Å². The van der Waals surface area contributed by atoms with Crippen LogP contribution in [0.15, 0.2) is 29.3 Å². The molecule has 1 aromatic rings. The van der Waals surface area contributed by atoms with Gasteiger partial charge < -0.3 is 10.6 Å². The van der Waals surface area contributed by atoms with Crippen LogP contribution in [0.4, 0.5) is 0 Å². The number of nitrogens with one attached hydrogen (secondary N) is 2. The zero-order chi connectivity index (χ0) is 19.2. The average molecular weight is 401 g/mol. The minimum absolute atomic E-state index is 0.108. The third-order valence-corrected chi connectivity index (χ3v) is 6.17. The molecule has 1 heterocycles. The number of hydrogen-bond acceptors (Lipinski definition) is 3. The number of hydrogen-bond donors (Lipinski definition) is 2. The van der Waals surface area contributed by atoms with E-state index in [0.29, 0.717) is 25.6 Å². The van der Waals surface area contributed by atoms with Crippen LogP contribution in [0.5, 0.6) is 0 Å². The number of sulfonamides is 1. The fraction of sp³-hybridized carbons (Fsp3) is 0.611. The quantitative estimate of drug-likeness (QED) is 0.568. The van der Waals surface area contributed by atoms with Crippen LogP contribution in [0, 0.1) is 5.92 Å². The lowest BCUT2D eigenvalue weighted by molar-refractivity contribution is 0.280. The molecule has 6 nitrogen and oxygen atoms in total. The van der Waals surface area contributed by atoms with Crippen LogP contribution in [-0.4, -0.2) is 51.1 Å². The Hall–Kier alpha value is -1.31. The number of rotatable bonds is 6. The Kier molecular flexibility index (Phi) is 7.73. The highest BCUT2D eigenvalue weighted by molar-refractivity contribution is 7.88. The fourth-order valence-corrected chi connectivity index (χ4v) is 4.00. The highest BCUT2D eigenvalue weighted by atomic mass is 35.5. The van der Waals surface area contributed by atoms with Gasteiger partial charge in [-0.3, -0.25) is 4.99 Å². The Balaban J connectivity index is 1.91. The van der Waals surface area contributed by atoms with Crippen LogP contribution in [0.25, 0.3) is 0 Å². The SMILES string of the molecule is CCNC(=NCC1CCN(S(C)(=O)=O)CC1)NC(C)c1ccc(Cl)cc1. The summed E-state index contributed by atoms with van der Waals surface area (Å²) in [7, 11) is -3.08. The van der Waals surface area contributed by atoms with Crippen molar-refractivity contribution >= 4 is 27.6 Å². The summed E-state index contributed by atoms with van der Waals surface area (Å²) >= 11 is 5.95. The summed E-state index contributed by atoms with van der Waals surface area (Å²) < 4.78 is 24.7. The summed E-state index contributed by atoms with van der Waals surface area (Å²) in [4.78, 5) is 4.71. The van der Waals surface area contributed by atoms with Crippen molar-refractivity contribution in [1.29, 1.82) is 0 Å². The number of aliphatic imine (C=N–C) groups is 1. The minimum Gasteiger partial charge on any atom is -0.357 e. The lowest BCUT2D eigenvalue weighted by Gasteiger charge is -2.29. The Morgan fingerprint density at radius 2 is 1.92 bits per heavy atom. The molecule has 2 N–H and O–H groups in total. The highest BCUT2D eigenvalue weighted by Crippen LogP contribution is 2.20. The Morgan fingerprint density at radius 1 is 1.31 bits per heavy atom. The van der Waals surface area contributed by atoms with Crippen LogP contribution in [0.2, 0.25) is 5.02 Å². The molecule has 1 aromatic carbocycles. The first kappa shape index (κ1) is 21.0. The molecule has 1 aliphatic heterocycles. The van der Waals surface area contributed by atoms with E-state index in [1.54, 1.807) is 4.31 Å². The van der Waals surface area contributed by atoms with Crippen molar-refractivity contribution < 1.29 is 8.42 Å². The van der Waals surface area contributed by atoms with Gasteiger partial charge in [-0.05, 0) is 50.3 Å². The molecule has 0 spiro atoms. The molecule has 0 amide bonds. The molecule has 26 heavy (non-hydrogen) atoms. The van der Waals surface area contributed by atoms with Crippen LogP contribution >= 0.6 is 11.6 Å². The Bertz CT molecular complexity index is 698. The zero-order valence-corrected chi connectivity index (χ0v) is 17.3. The molecule has 1 atom stereocenters. The number of guanidine groups is 1. The van der Waals surface area contributed by atoms with Gasteiger partial charge in [-0.25, -0.2) is 12.7 Å². The summed E-state index contributed by atoms with van der Waals surface area (Å²) in [6.07, 6.45) is 2.97. The number of piperidine rings is 1. The van der Waals surface area contributed by atoms with Gasteiger partial charge in [-0.2, -0.15) is 0 Å². The summed E-state index contributed by atoms with van der Waals surface area (Å²) in [6.45, 7) is 6.77. The Labute approximate surface area is 162 Å². The van der Waals surface area contributed by atoms with E-state index >= 15 is 0 Å². The molecule has 1 fully saturated rings. The first-order valence-electron chi connectivity index (χ1n) is 9.05. The van der Waals surface area contributed by atoms with Crippen molar-refractivity contribution in [3.63, 3.8) is 0 Å². The van der Waals surface area contributed by atoms with Gasteiger partial charge in [-0.15, -0.1) is 0 Å². The lowest BCUT2D eigenvalue weighted by atomic mass is 9.98. The molecule has 0 aliphatic carbocycles. The molecule has 1 aliphatic rings. The average Bonchev–Trinajstić information content (AvgIpc) is 2.60. The third-order valence-electron chi connectivity index (χ3n) is 4.62. The van der Waals surface area contributed by atoms with E-state index in [0.717, 1.165) is 35.9 Å². The summed E-state index contributed by atoms with van der Waals surface area (Å²) in [5.41, 5.74) is 1.14. The van der Waals surface area contributed by atoms with Crippen molar-refractivity contribution in [2.75, 3.05) is 32.4 Å². The van der Waals surface area contributed by atoms with Crippen molar-refractivity contribution in [3.05, 3.63) is 34.9 Å². The van der Waals surface area contributed by atoms with E-state index in [-0.39, 0.29) is 6.04 Å². The number of benzene rings is 1. The normalized spacial score (nSPS) is 18.5. The largest absolute Gasteiger partial charge is 0.357 e. The molecular weight excluding hydrogens is 372 g/mol. The molecule has 0 aromatic heterocycles. The van der Waals surface area contributed by atoms with Gasteiger partial charge in [0.15, 0.2) is 5.96 Å². The predicted octanol–water partition coefficient (Wildman–Crippen LogP) is 2.63. The van der Waals surface area contributed by atoms with Gasteiger partial charge in [0.1, 0.15) is 0 Å². The maximum atomic E-state index is 11.6. The van der Waals surface area contributed by atoms with Crippen molar-refractivity contribution in [2.24, 2.45) is 10.9 Å². The van der Waals surface area contributed by atoms with E-state index in [4.69, 9.17) is 16.6 Å². The lowest BCUT2D eigenvalue weighted by Crippen LogP contribution is -2.40. The van der Waals surface area contributed by atoms with E-state index in [2.05, 4.69) is 17.6 Å². The first-order chi connectivity index (χ1) is 12.3. The molecule has 0 bridgehead atoms. The van der Waals surface area contributed by atoms with Gasteiger partial charge in [0.25, 0.3) is 0 Å². The van der Waals surface area contributed by atoms with Gasteiger partial charge in [0.2, 0.25) is 10.0 Å². The van der Waals surface area contributed by atoms with Crippen LogP contribution < -0.4 is 10.6 Å². The van der Waals surface area contributed by atoms with Crippen molar-refractivity contribution in [2.45, 2.75) is 32.7 Å². The summed E-state index contributed by atoms with van der Waals surface area (Å²) in [5, 5.41) is 7.41. The second kappa shape index (κ2) is 9.58. The second-order valence-electron chi connectivity index (χ2n) is 6.74. The molecular formula is C18H29ClN4O2S. The number of halogens is 1. The molecule has 8 heteroatoms. The molecule has 1 unspecified atom stereocenters. The summed E-state index contributed by atoms with van der Waals surface area (Å²) in [5.74, 6) is 1.19. The Morgan fingerprint density at radius 3 is 2.46 bits per heavy atom. The van der Waals surface area contributed by atoms with Crippen LogP contribution in [0.3, 0.4) is 0 Å². The van der Waals surface area contributed by atoms with Crippen molar-refractivity contribution in [3.8, 4) is 0 Å². The van der Waals surface area contributed by atoms with E-state index < -0.39 is 10.0 Å². The van der Waals surface area contributed by atoms with Gasteiger partial charge in [0.05, 0.1) is 12.3 Å². The van der Waals surface area contributed by atoms with Gasteiger partial charge >= 0.3 is 0 Å². The molecule has 2 rings (SSSR count). The molecule has 0 radical (unpaired) electrons. The second-order valence-corrected chi connectivity index (χ2v) is 9.16. The zero-order valence-electron chi connectivity index (χ0n) is 15.7.